The summed E-state index contributed by atoms with van der Waals surface area (Å²) in [4.78, 5) is 11.1. The smallest absolute Gasteiger partial charge is 0.337 e. The highest BCUT2D eigenvalue weighted by molar-refractivity contribution is 5.95. The number of nitrogens with two attached hydrogens (primary N) is 1. The van der Waals surface area contributed by atoms with E-state index in [-0.39, 0.29) is 11.1 Å². The second-order valence-electron chi connectivity index (χ2n) is 4.65. The van der Waals surface area contributed by atoms with Crippen LogP contribution in [0.25, 0.3) is 0 Å². The maximum atomic E-state index is 11.1. The van der Waals surface area contributed by atoms with E-state index in [0.29, 0.717) is 11.4 Å². The highest BCUT2D eigenvalue weighted by atomic mass is 16.4. The van der Waals surface area contributed by atoms with E-state index in [9.17, 15) is 4.79 Å². The molecule has 1 aliphatic rings. The molecule has 4 N–H and O–H groups in total. The Labute approximate surface area is 94.5 Å². The molecule has 1 aliphatic carbocycles. The van der Waals surface area contributed by atoms with Crippen molar-refractivity contribution in [2.24, 2.45) is 0 Å². The predicted octanol–water partition coefficient (Wildman–Crippen LogP) is 2.32. The van der Waals surface area contributed by atoms with Crippen LogP contribution < -0.4 is 11.1 Å². The molecule has 1 aromatic rings. The molecule has 0 spiro atoms. The van der Waals surface area contributed by atoms with Gasteiger partial charge in [-0.2, -0.15) is 0 Å². The van der Waals surface area contributed by atoms with Gasteiger partial charge in [0.05, 0.1) is 5.56 Å². The lowest BCUT2D eigenvalue weighted by molar-refractivity contribution is 0.0698. The first-order valence-corrected chi connectivity index (χ1v) is 5.41. The van der Waals surface area contributed by atoms with Crippen molar-refractivity contribution in [2.45, 2.75) is 31.7 Å². The maximum Gasteiger partial charge on any atom is 0.337 e. The monoisotopic (exact) mass is 220 g/mol. The molecule has 2 rings (SSSR count). The number of anilines is 2. The summed E-state index contributed by atoms with van der Waals surface area (Å²) in [5.74, 6) is -0.947. The third-order valence-electron chi connectivity index (χ3n) is 3.17. The van der Waals surface area contributed by atoms with E-state index in [0.717, 1.165) is 12.8 Å². The molecule has 0 aromatic heterocycles. The van der Waals surface area contributed by atoms with Crippen LogP contribution in [0.5, 0.6) is 0 Å². The van der Waals surface area contributed by atoms with Gasteiger partial charge >= 0.3 is 5.97 Å². The SMILES string of the molecule is CC1(Nc2ccc(N)cc2C(=O)O)CCC1. The fourth-order valence-electron chi connectivity index (χ4n) is 2.01. The van der Waals surface area contributed by atoms with Crippen LogP contribution in [0.1, 0.15) is 36.5 Å². The van der Waals surface area contributed by atoms with Crippen LogP contribution in [0.15, 0.2) is 18.2 Å². The summed E-state index contributed by atoms with van der Waals surface area (Å²) in [5.41, 5.74) is 7.00. The molecule has 16 heavy (non-hydrogen) atoms. The number of carboxylic acid groups (broad SMARTS) is 1. The van der Waals surface area contributed by atoms with Gasteiger partial charge in [-0.25, -0.2) is 4.79 Å². The number of benzene rings is 1. The van der Waals surface area contributed by atoms with Crippen molar-refractivity contribution >= 4 is 17.3 Å². The lowest BCUT2D eigenvalue weighted by Gasteiger charge is -2.40. The van der Waals surface area contributed by atoms with Crippen molar-refractivity contribution in [1.82, 2.24) is 0 Å². The van der Waals surface area contributed by atoms with Gasteiger partial charge < -0.3 is 16.2 Å². The molecule has 1 aromatic carbocycles. The van der Waals surface area contributed by atoms with Crippen molar-refractivity contribution in [2.75, 3.05) is 11.1 Å². The van der Waals surface area contributed by atoms with Gasteiger partial charge in [0, 0.05) is 16.9 Å². The highest BCUT2D eigenvalue weighted by Crippen LogP contribution is 2.35. The molecule has 1 fully saturated rings. The molecule has 0 bridgehead atoms. The number of nitrogens with one attached hydrogen (secondary N) is 1. The van der Waals surface area contributed by atoms with E-state index in [2.05, 4.69) is 12.2 Å². The third kappa shape index (κ3) is 1.96. The predicted molar refractivity (Wildman–Crippen MR) is 63.7 cm³/mol. The average molecular weight is 220 g/mol. The van der Waals surface area contributed by atoms with Crippen molar-refractivity contribution in [1.29, 1.82) is 0 Å². The second-order valence-corrected chi connectivity index (χ2v) is 4.65. The topological polar surface area (TPSA) is 75.3 Å². The quantitative estimate of drug-likeness (QED) is 0.683. The first-order valence-electron chi connectivity index (χ1n) is 5.41. The van der Waals surface area contributed by atoms with E-state index >= 15 is 0 Å². The lowest BCUT2D eigenvalue weighted by atomic mass is 9.78. The standard InChI is InChI=1S/C12H16N2O2/c1-12(5-2-6-12)14-10-4-3-8(13)7-9(10)11(15)16/h3-4,7,14H,2,5-6,13H2,1H3,(H,15,16). The molecule has 0 radical (unpaired) electrons. The van der Waals surface area contributed by atoms with Crippen molar-refractivity contribution in [3.63, 3.8) is 0 Å². The molecular formula is C12H16N2O2. The average Bonchev–Trinajstić information content (AvgIpc) is 2.18. The van der Waals surface area contributed by atoms with Gasteiger partial charge in [-0.05, 0) is 44.4 Å². The Morgan fingerprint density at radius 1 is 1.50 bits per heavy atom. The fourth-order valence-corrected chi connectivity index (χ4v) is 2.01. The molecule has 0 atom stereocenters. The van der Waals surface area contributed by atoms with Crippen LogP contribution >= 0.6 is 0 Å². The molecule has 0 heterocycles. The summed E-state index contributed by atoms with van der Waals surface area (Å²) in [5, 5.41) is 12.4. The number of hydrogen-bond acceptors (Lipinski definition) is 3. The van der Waals surface area contributed by atoms with Crippen LogP contribution in [-0.2, 0) is 0 Å². The zero-order chi connectivity index (χ0) is 11.8. The molecule has 86 valence electrons. The van der Waals surface area contributed by atoms with Crippen LogP contribution in [-0.4, -0.2) is 16.6 Å². The summed E-state index contributed by atoms with van der Waals surface area (Å²) in [6.45, 7) is 2.11. The van der Waals surface area contributed by atoms with Crippen molar-refractivity contribution in [3.05, 3.63) is 23.8 Å². The minimum atomic E-state index is -0.947. The van der Waals surface area contributed by atoms with E-state index in [1.807, 2.05) is 0 Å². The first kappa shape index (κ1) is 10.8. The summed E-state index contributed by atoms with van der Waals surface area (Å²) >= 11 is 0. The Bertz CT molecular complexity index is 425. The van der Waals surface area contributed by atoms with Gasteiger partial charge in [0.1, 0.15) is 0 Å². The molecule has 4 nitrogen and oxygen atoms in total. The molecule has 0 saturated heterocycles. The minimum absolute atomic E-state index is 0.0420. The van der Waals surface area contributed by atoms with E-state index in [4.69, 9.17) is 10.8 Å². The number of hydrogen-bond donors (Lipinski definition) is 3. The second kappa shape index (κ2) is 3.70. The first-order chi connectivity index (χ1) is 7.50. The molecular weight excluding hydrogens is 204 g/mol. The summed E-state index contributed by atoms with van der Waals surface area (Å²) in [7, 11) is 0. The lowest BCUT2D eigenvalue weighted by Crippen LogP contribution is -2.42. The summed E-state index contributed by atoms with van der Waals surface area (Å²) < 4.78 is 0. The van der Waals surface area contributed by atoms with Crippen LogP contribution in [0, 0.1) is 0 Å². The zero-order valence-corrected chi connectivity index (χ0v) is 9.29. The van der Waals surface area contributed by atoms with E-state index in [1.54, 1.807) is 12.1 Å². The van der Waals surface area contributed by atoms with Crippen molar-refractivity contribution < 1.29 is 9.90 Å². The molecule has 4 heteroatoms. The maximum absolute atomic E-state index is 11.1. The number of carbonyl (C=O) groups is 1. The number of carboxylic acids is 1. The van der Waals surface area contributed by atoms with Gasteiger partial charge in [-0.15, -0.1) is 0 Å². The Balaban J connectivity index is 2.29. The van der Waals surface area contributed by atoms with Gasteiger partial charge in [-0.1, -0.05) is 0 Å². The molecule has 0 unspecified atom stereocenters. The van der Waals surface area contributed by atoms with Crippen LogP contribution in [0.3, 0.4) is 0 Å². The molecule has 0 aliphatic heterocycles. The van der Waals surface area contributed by atoms with Gasteiger partial charge in [0.25, 0.3) is 0 Å². The van der Waals surface area contributed by atoms with Crippen molar-refractivity contribution in [3.8, 4) is 0 Å². The number of aromatic carboxylic acids is 1. The van der Waals surface area contributed by atoms with Gasteiger partial charge in [-0.3, -0.25) is 0 Å². The number of nitrogen functional groups attached to an aromatic ring is 1. The zero-order valence-electron chi connectivity index (χ0n) is 9.29. The molecule has 1 saturated carbocycles. The fraction of sp³-hybridized carbons (Fsp3) is 0.417. The van der Waals surface area contributed by atoms with Crippen LogP contribution in [0.2, 0.25) is 0 Å². The largest absolute Gasteiger partial charge is 0.478 e. The van der Waals surface area contributed by atoms with Gasteiger partial charge in [0.15, 0.2) is 0 Å². The summed E-state index contributed by atoms with van der Waals surface area (Å²) in [6, 6.07) is 4.95. The summed E-state index contributed by atoms with van der Waals surface area (Å²) in [6.07, 6.45) is 3.35. The van der Waals surface area contributed by atoms with E-state index < -0.39 is 5.97 Å². The Morgan fingerprint density at radius 2 is 2.19 bits per heavy atom. The number of rotatable bonds is 3. The Hall–Kier alpha value is -1.71. The Morgan fingerprint density at radius 3 is 2.69 bits per heavy atom. The van der Waals surface area contributed by atoms with Crippen LogP contribution in [0.4, 0.5) is 11.4 Å². The highest BCUT2D eigenvalue weighted by Gasteiger charge is 2.32. The molecule has 0 amide bonds. The van der Waals surface area contributed by atoms with E-state index in [1.165, 1.54) is 12.5 Å². The normalized spacial score (nSPS) is 17.6. The Kier molecular flexibility index (Phi) is 2.50. The minimum Gasteiger partial charge on any atom is -0.478 e. The van der Waals surface area contributed by atoms with Gasteiger partial charge in [0.2, 0.25) is 0 Å². The third-order valence-corrected chi connectivity index (χ3v) is 3.17.